The number of carbonyl (C=O) groups excluding carboxylic acids is 1. The van der Waals surface area contributed by atoms with Gasteiger partial charge in [-0.05, 0) is 25.0 Å². The summed E-state index contributed by atoms with van der Waals surface area (Å²) in [6, 6.07) is 1.67. The lowest BCUT2D eigenvalue weighted by Crippen LogP contribution is -2.11. The predicted octanol–water partition coefficient (Wildman–Crippen LogP) is 1.79. The van der Waals surface area contributed by atoms with Gasteiger partial charge < -0.3 is 0 Å². The van der Waals surface area contributed by atoms with Crippen molar-refractivity contribution in [2.24, 2.45) is 0 Å². The largest absolute Gasteiger partial charge is 0.294 e. The number of carbonyl (C=O) groups is 1. The zero-order valence-electron chi connectivity index (χ0n) is 10.1. The number of Topliss-reactive ketones (excluding diaryl/α,β-unsaturated/α-hetero) is 1. The molecular formula is C12H17NO3S. The number of sulfone groups is 1. The van der Waals surface area contributed by atoms with E-state index in [9.17, 15) is 13.2 Å². The number of ketones is 1. The summed E-state index contributed by atoms with van der Waals surface area (Å²) in [4.78, 5) is 15.7. The molecule has 0 aromatic carbocycles. The Hall–Kier alpha value is -1.23. The van der Waals surface area contributed by atoms with Gasteiger partial charge in [0.25, 0.3) is 0 Å². The van der Waals surface area contributed by atoms with Crippen LogP contribution in [0.2, 0.25) is 0 Å². The van der Waals surface area contributed by atoms with E-state index in [1.165, 1.54) is 0 Å². The Morgan fingerprint density at radius 1 is 1.41 bits per heavy atom. The number of hydrogen-bond acceptors (Lipinski definition) is 4. The van der Waals surface area contributed by atoms with Crippen molar-refractivity contribution in [2.45, 2.75) is 26.7 Å². The monoisotopic (exact) mass is 255 g/mol. The maximum Gasteiger partial charge on any atom is 0.163 e. The highest BCUT2D eigenvalue weighted by atomic mass is 32.2. The van der Waals surface area contributed by atoms with Crippen LogP contribution in [-0.2, 0) is 9.84 Å². The van der Waals surface area contributed by atoms with Gasteiger partial charge in [-0.15, -0.1) is 0 Å². The summed E-state index contributed by atoms with van der Waals surface area (Å²) in [7, 11) is -2.97. The molecule has 0 bridgehead atoms. The van der Waals surface area contributed by atoms with Crippen molar-refractivity contribution in [1.29, 1.82) is 0 Å². The van der Waals surface area contributed by atoms with Gasteiger partial charge in [-0.1, -0.05) is 6.92 Å². The molecule has 0 atom stereocenters. The zero-order chi connectivity index (χ0) is 12.9. The molecule has 17 heavy (non-hydrogen) atoms. The summed E-state index contributed by atoms with van der Waals surface area (Å²) in [5.41, 5.74) is 1.46. The molecule has 0 radical (unpaired) electrons. The molecule has 0 aliphatic rings. The molecular weight excluding hydrogens is 238 g/mol. The molecule has 0 N–H and O–H groups in total. The Labute approximate surface area is 102 Å². The molecule has 0 fully saturated rings. The first-order valence-corrected chi connectivity index (χ1v) is 7.42. The second kappa shape index (κ2) is 5.91. The van der Waals surface area contributed by atoms with Gasteiger partial charge in [-0.2, -0.15) is 0 Å². The number of hydrogen-bond donors (Lipinski definition) is 0. The van der Waals surface area contributed by atoms with Crippen molar-refractivity contribution in [3.8, 4) is 0 Å². The molecule has 1 aromatic heterocycles. The average Bonchev–Trinajstić information content (AvgIpc) is 2.29. The summed E-state index contributed by atoms with van der Waals surface area (Å²) >= 11 is 0. The molecule has 0 aliphatic heterocycles. The van der Waals surface area contributed by atoms with Gasteiger partial charge >= 0.3 is 0 Å². The third-order valence-electron chi connectivity index (χ3n) is 2.62. The molecule has 1 heterocycles. The van der Waals surface area contributed by atoms with Crippen LogP contribution < -0.4 is 0 Å². The lowest BCUT2D eigenvalue weighted by atomic mass is 10.0. The van der Waals surface area contributed by atoms with Crippen LogP contribution in [0.15, 0.2) is 18.5 Å². The number of nitrogens with zero attached hydrogens (tertiary/aromatic N) is 1. The third-order valence-corrected chi connectivity index (χ3v) is 4.41. The summed E-state index contributed by atoms with van der Waals surface area (Å²) in [6.45, 7) is 3.44. The van der Waals surface area contributed by atoms with Gasteiger partial charge in [-0.3, -0.25) is 9.78 Å². The van der Waals surface area contributed by atoms with E-state index in [4.69, 9.17) is 0 Å². The molecule has 94 valence electrons. The quantitative estimate of drug-likeness (QED) is 0.727. The van der Waals surface area contributed by atoms with E-state index in [0.717, 1.165) is 5.56 Å². The highest BCUT2D eigenvalue weighted by Crippen LogP contribution is 2.10. The van der Waals surface area contributed by atoms with Gasteiger partial charge in [0.05, 0.1) is 5.75 Å². The van der Waals surface area contributed by atoms with Crippen molar-refractivity contribution >= 4 is 15.6 Å². The van der Waals surface area contributed by atoms with Crippen LogP contribution in [0, 0.1) is 6.92 Å². The maximum atomic E-state index is 11.8. The van der Waals surface area contributed by atoms with Crippen LogP contribution in [0.5, 0.6) is 0 Å². The maximum absolute atomic E-state index is 11.8. The second-order valence-electron chi connectivity index (χ2n) is 3.95. The number of pyridine rings is 1. The van der Waals surface area contributed by atoms with Gasteiger partial charge in [0.2, 0.25) is 0 Å². The third kappa shape index (κ3) is 4.26. The summed E-state index contributed by atoms with van der Waals surface area (Å²) in [5, 5.41) is 0. The van der Waals surface area contributed by atoms with Crippen LogP contribution >= 0.6 is 0 Å². The van der Waals surface area contributed by atoms with Gasteiger partial charge in [0.1, 0.15) is 9.84 Å². The van der Waals surface area contributed by atoms with E-state index in [2.05, 4.69) is 4.98 Å². The fourth-order valence-corrected chi connectivity index (χ4v) is 2.39. The van der Waals surface area contributed by atoms with Crippen molar-refractivity contribution in [2.75, 3.05) is 11.5 Å². The Bertz CT molecular complexity index is 494. The van der Waals surface area contributed by atoms with E-state index >= 15 is 0 Å². The molecule has 5 heteroatoms. The molecule has 0 aliphatic carbocycles. The van der Waals surface area contributed by atoms with E-state index in [0.29, 0.717) is 12.0 Å². The lowest BCUT2D eigenvalue weighted by molar-refractivity contribution is 0.0981. The van der Waals surface area contributed by atoms with E-state index in [1.807, 2.05) is 6.92 Å². The standard InChI is InChI=1S/C12H17NO3S/c1-3-17(15,16)8-4-5-12(14)11-6-7-13-9-10(11)2/h6-7,9H,3-5,8H2,1-2H3. The molecule has 4 nitrogen and oxygen atoms in total. The van der Waals surface area contributed by atoms with Crippen molar-refractivity contribution in [3.63, 3.8) is 0 Å². The number of aryl methyl sites for hydroxylation is 1. The zero-order valence-corrected chi connectivity index (χ0v) is 11.0. The molecule has 0 unspecified atom stereocenters. The first-order chi connectivity index (χ1) is 7.96. The smallest absolute Gasteiger partial charge is 0.163 e. The van der Waals surface area contributed by atoms with E-state index in [-0.39, 0.29) is 23.7 Å². The second-order valence-corrected chi connectivity index (χ2v) is 6.43. The Morgan fingerprint density at radius 2 is 2.12 bits per heavy atom. The minimum atomic E-state index is -2.97. The van der Waals surface area contributed by atoms with Crippen LogP contribution in [0.4, 0.5) is 0 Å². The van der Waals surface area contributed by atoms with E-state index < -0.39 is 9.84 Å². The van der Waals surface area contributed by atoms with Crippen LogP contribution in [0.3, 0.4) is 0 Å². The summed E-state index contributed by atoms with van der Waals surface area (Å²) in [5.74, 6) is 0.200. The minimum absolute atomic E-state index is 0.0174. The topological polar surface area (TPSA) is 64.1 Å². The number of aromatic nitrogens is 1. The Morgan fingerprint density at radius 3 is 2.71 bits per heavy atom. The molecule has 0 saturated carbocycles. The average molecular weight is 255 g/mol. The first kappa shape index (κ1) is 13.8. The van der Waals surface area contributed by atoms with Crippen LogP contribution in [0.1, 0.15) is 35.7 Å². The molecule has 0 spiro atoms. The van der Waals surface area contributed by atoms with Crippen molar-refractivity contribution < 1.29 is 13.2 Å². The fourth-order valence-electron chi connectivity index (χ4n) is 1.52. The van der Waals surface area contributed by atoms with Crippen LogP contribution in [0.25, 0.3) is 0 Å². The minimum Gasteiger partial charge on any atom is -0.294 e. The Kier molecular flexibility index (Phi) is 4.81. The van der Waals surface area contributed by atoms with Gasteiger partial charge in [0.15, 0.2) is 5.78 Å². The van der Waals surface area contributed by atoms with E-state index in [1.54, 1.807) is 25.4 Å². The van der Waals surface area contributed by atoms with Crippen molar-refractivity contribution in [1.82, 2.24) is 4.98 Å². The fraction of sp³-hybridized carbons (Fsp3) is 0.500. The summed E-state index contributed by atoms with van der Waals surface area (Å²) < 4.78 is 22.5. The SMILES string of the molecule is CCS(=O)(=O)CCCC(=O)c1ccncc1C. The summed E-state index contributed by atoms with van der Waals surface area (Å²) in [6.07, 6.45) is 3.86. The molecule has 1 aromatic rings. The highest BCUT2D eigenvalue weighted by molar-refractivity contribution is 7.91. The van der Waals surface area contributed by atoms with Crippen LogP contribution in [-0.4, -0.2) is 30.7 Å². The lowest BCUT2D eigenvalue weighted by Gasteiger charge is -2.04. The molecule has 1 rings (SSSR count). The van der Waals surface area contributed by atoms with Crippen molar-refractivity contribution in [3.05, 3.63) is 29.6 Å². The first-order valence-electron chi connectivity index (χ1n) is 5.60. The Balaban J connectivity index is 2.55. The predicted molar refractivity (Wildman–Crippen MR) is 66.9 cm³/mol. The number of rotatable bonds is 6. The highest BCUT2D eigenvalue weighted by Gasteiger charge is 2.11. The molecule has 0 amide bonds. The van der Waals surface area contributed by atoms with Gasteiger partial charge in [-0.25, -0.2) is 8.42 Å². The normalized spacial score (nSPS) is 11.4. The molecule has 0 saturated heterocycles. The van der Waals surface area contributed by atoms with Gasteiger partial charge in [0, 0.05) is 30.1 Å².